The molecule has 8 aromatic rings. The van der Waals surface area contributed by atoms with Crippen LogP contribution in [0.25, 0.3) is 76.8 Å². The summed E-state index contributed by atoms with van der Waals surface area (Å²) in [6.07, 6.45) is -0.454. The molecule has 8 aromatic carbocycles. The first kappa shape index (κ1) is 9.79. The van der Waals surface area contributed by atoms with E-state index in [-0.39, 0.29) is 22.3 Å². The molecule has 0 saturated carbocycles. The lowest BCUT2D eigenvalue weighted by Crippen LogP contribution is -1.92. The van der Waals surface area contributed by atoms with Gasteiger partial charge in [-0.3, -0.25) is 0 Å². The Morgan fingerprint density at radius 1 is 0.349 bits per heavy atom. The molecule has 1 aliphatic carbocycles. The van der Waals surface area contributed by atoms with Crippen molar-refractivity contribution in [2.75, 3.05) is 0 Å². The average Bonchev–Trinajstić information content (AvgIpc) is 3.74. The number of benzene rings is 8. The van der Waals surface area contributed by atoms with Gasteiger partial charge in [-0.2, -0.15) is 0 Å². The maximum Gasteiger partial charge on any atom is 0.0636 e. The summed E-state index contributed by atoms with van der Waals surface area (Å²) in [5.74, 6) is 0. The normalized spacial score (nSPS) is 20.6. The number of hydrogen-bond donors (Lipinski definition) is 0. The van der Waals surface area contributed by atoms with E-state index in [1.54, 1.807) is 0 Å². The molecule has 0 nitrogen and oxygen atoms in total. The zero-order valence-electron chi connectivity index (χ0n) is 47.7. The Balaban J connectivity index is 1.54. The van der Waals surface area contributed by atoms with Crippen molar-refractivity contribution in [2.45, 2.75) is 6.42 Å². The van der Waals surface area contributed by atoms with Gasteiger partial charge in [-0.25, -0.2) is 0 Å². The molecule has 0 saturated heterocycles. The van der Waals surface area contributed by atoms with Crippen LogP contribution >= 0.6 is 0 Å². The van der Waals surface area contributed by atoms with Gasteiger partial charge in [-0.1, -0.05) is 151 Å². The van der Waals surface area contributed by atoms with E-state index in [9.17, 15) is 13.7 Å². The van der Waals surface area contributed by atoms with Gasteiger partial charge in [0.15, 0.2) is 0 Å². The number of hydrogen-bond acceptors (Lipinski definition) is 0. The maximum absolute atomic E-state index is 9.85. The van der Waals surface area contributed by atoms with E-state index in [0.717, 1.165) is 0 Å². The Morgan fingerprint density at radius 2 is 0.953 bits per heavy atom. The fraction of sp³-hybridized carbons (Fsp3) is 0.0233. The highest BCUT2D eigenvalue weighted by Crippen LogP contribution is 2.47. The molecule has 0 atom stereocenters. The largest absolute Gasteiger partial charge is 0.0636 e. The van der Waals surface area contributed by atoms with Crippen molar-refractivity contribution in [1.29, 1.82) is 0 Å². The first-order valence-corrected chi connectivity index (χ1v) is 13.0. The summed E-state index contributed by atoms with van der Waals surface area (Å²) in [6.45, 7) is 0. The first-order chi connectivity index (χ1) is 32.2. The zero-order chi connectivity index (χ0) is 51.0. The average molecular weight is 571 g/mol. The molecule has 0 heterocycles. The molecule has 0 heteroatoms. The van der Waals surface area contributed by atoms with E-state index in [1.165, 1.54) is 0 Å². The van der Waals surface area contributed by atoms with Crippen LogP contribution in [0.5, 0.6) is 0 Å². The summed E-state index contributed by atoms with van der Waals surface area (Å²) in [4.78, 5) is 0. The van der Waals surface area contributed by atoms with Crippen LogP contribution in [0.4, 0.5) is 0 Å². The molecular formula is C43H28. The van der Waals surface area contributed by atoms with Crippen molar-refractivity contribution >= 4 is 32.3 Å². The van der Waals surface area contributed by atoms with Gasteiger partial charge in [0, 0.05) is 0 Å². The lowest BCUT2D eigenvalue weighted by atomic mass is 9.84. The molecule has 0 fully saturated rings. The highest BCUT2D eigenvalue weighted by Gasteiger charge is 2.22. The van der Waals surface area contributed by atoms with E-state index in [2.05, 4.69) is 0 Å². The smallest absolute Gasteiger partial charge is 0.0622 e. The van der Waals surface area contributed by atoms with Crippen LogP contribution in [-0.4, -0.2) is 0 Å². The fourth-order valence-electron chi connectivity index (χ4n) is 5.50. The third-order valence-electron chi connectivity index (χ3n) is 7.32. The lowest BCUT2D eigenvalue weighted by molar-refractivity contribution is 1.26. The molecule has 0 N–H and O–H groups in total. The van der Waals surface area contributed by atoms with Gasteiger partial charge in [-0.05, 0) is 100 Å². The molecule has 0 aliphatic heterocycles. The molecule has 0 aromatic heterocycles. The summed E-state index contributed by atoms with van der Waals surface area (Å²) in [7, 11) is 0. The van der Waals surface area contributed by atoms with Gasteiger partial charge in [0.1, 0.15) is 0 Å². The van der Waals surface area contributed by atoms with E-state index >= 15 is 0 Å². The minimum Gasteiger partial charge on any atom is -0.0622 e. The quantitative estimate of drug-likeness (QED) is 0.185. The number of rotatable bonds is 3. The Bertz CT molecular complexity index is 3700. The molecule has 1 aliphatic rings. The minimum atomic E-state index is -0.943. The molecule has 43 heavy (non-hydrogen) atoms. The summed E-state index contributed by atoms with van der Waals surface area (Å²) in [5.41, 5.74) is -4.62. The van der Waals surface area contributed by atoms with Gasteiger partial charge in [-0.15, -0.1) is 0 Å². The van der Waals surface area contributed by atoms with Crippen LogP contribution in [0.3, 0.4) is 0 Å². The summed E-state index contributed by atoms with van der Waals surface area (Å²) in [5, 5.41) is -3.84. The van der Waals surface area contributed by atoms with E-state index in [1.807, 2.05) is 0 Å². The maximum atomic E-state index is 9.85. The lowest BCUT2D eigenvalue weighted by Gasteiger charge is -2.19. The van der Waals surface area contributed by atoms with Crippen LogP contribution < -0.4 is 0 Å². The van der Waals surface area contributed by atoms with Crippen molar-refractivity contribution in [3.05, 3.63) is 168 Å². The molecule has 0 amide bonds. The Labute approximate surface area is 288 Å². The highest BCUT2D eigenvalue weighted by atomic mass is 14.3. The molecule has 0 unspecified atom stereocenters. The molecule has 0 bridgehead atoms. The monoisotopic (exact) mass is 570 g/mol. The minimum absolute atomic E-state index is 0.135. The standard InChI is InChI=1S/C43H28/c1-2-11-28(12-3-1)30-23-24-35-33(25-30)26-31-21-22-32(27-41(31)35)42-37-16-6-8-18-39(37)43(40-19-9-7-17-38(40)42)36-20-10-14-29-13-4-5-15-34(29)36/h1-25,27H,26H2/i1D,2D,3D,4D,5D,6D,7D,8D,9D,10D,11D,12D,13D,14D,15D,16D,17D,18D,19D,20D,21D,22D,23D,24D,25D,27D. The second-order valence-corrected chi connectivity index (χ2v) is 9.63. The summed E-state index contributed by atoms with van der Waals surface area (Å²) < 4.78 is 232. The van der Waals surface area contributed by atoms with Crippen LogP contribution in [0.1, 0.15) is 46.8 Å². The Morgan fingerprint density at radius 3 is 1.70 bits per heavy atom. The van der Waals surface area contributed by atoms with Crippen LogP contribution in [0, 0.1) is 0 Å². The van der Waals surface area contributed by atoms with Crippen molar-refractivity contribution in [3.63, 3.8) is 0 Å². The summed E-state index contributed by atoms with van der Waals surface area (Å²) in [6, 6.07) is -21.9. The molecular weight excluding hydrogens is 516 g/mol. The van der Waals surface area contributed by atoms with Gasteiger partial charge in [0.2, 0.25) is 0 Å². The van der Waals surface area contributed by atoms with Crippen molar-refractivity contribution in [3.8, 4) is 44.5 Å². The van der Waals surface area contributed by atoms with Crippen molar-refractivity contribution in [1.82, 2.24) is 0 Å². The molecule has 0 radical (unpaired) electrons. The highest BCUT2D eigenvalue weighted by molar-refractivity contribution is 6.23. The van der Waals surface area contributed by atoms with Gasteiger partial charge in [0.25, 0.3) is 0 Å². The van der Waals surface area contributed by atoms with Crippen LogP contribution in [0.15, 0.2) is 157 Å². The van der Waals surface area contributed by atoms with Crippen LogP contribution in [-0.2, 0) is 6.42 Å². The third kappa shape index (κ3) is 3.77. The zero-order valence-corrected chi connectivity index (χ0v) is 21.7. The number of fused-ring (bicyclic) bond motifs is 6. The van der Waals surface area contributed by atoms with E-state index in [4.69, 9.17) is 21.9 Å². The predicted molar refractivity (Wildman–Crippen MR) is 184 cm³/mol. The van der Waals surface area contributed by atoms with Crippen LogP contribution in [0.2, 0.25) is 0 Å². The van der Waals surface area contributed by atoms with Crippen molar-refractivity contribution in [2.24, 2.45) is 0 Å². The molecule has 0 spiro atoms. The molecule has 200 valence electrons. The predicted octanol–water partition coefficient (Wildman–Crippen LogP) is 11.7. The second-order valence-electron chi connectivity index (χ2n) is 9.63. The van der Waals surface area contributed by atoms with Gasteiger partial charge in [0.05, 0.1) is 35.6 Å². The topological polar surface area (TPSA) is 0 Å². The summed E-state index contributed by atoms with van der Waals surface area (Å²) >= 11 is 0. The van der Waals surface area contributed by atoms with E-state index < -0.39 is 229 Å². The second kappa shape index (κ2) is 9.54. The Kier molecular flexibility index (Phi) is 2.17. The molecule has 9 rings (SSSR count). The fourth-order valence-corrected chi connectivity index (χ4v) is 5.50. The van der Waals surface area contributed by atoms with Gasteiger partial charge >= 0.3 is 0 Å². The Hall–Kier alpha value is -5.46. The SMILES string of the molecule is [2H]c1c([2H])c([2H])c(-c2c([2H])c([2H])c3c(c2[2H])Cc2c([2H])c([2H])c(-c4c5c([2H])c([2H])c([2H])c([2H])c5c(-c5c([2H])c([2H])c([2H])c6c([2H])c([2H])c([2H])c([2H])c56)c5c([2H])c([2H])c([2H])c([2H])c45)c([2H])c2-3)c([2H])c1[2H]. The van der Waals surface area contributed by atoms with Crippen molar-refractivity contribution < 1.29 is 35.6 Å². The van der Waals surface area contributed by atoms with E-state index in [0.29, 0.717) is 0 Å². The first-order valence-electron chi connectivity index (χ1n) is 26.0. The third-order valence-corrected chi connectivity index (χ3v) is 7.32. The van der Waals surface area contributed by atoms with Gasteiger partial charge < -0.3 is 0 Å².